The number of hydrogen-bond acceptors (Lipinski definition) is 5. The number of nitrogens with one attached hydrogen (secondary N) is 1. The third kappa shape index (κ3) is 4.38. The summed E-state index contributed by atoms with van der Waals surface area (Å²) in [4.78, 5) is 25.3. The predicted octanol–water partition coefficient (Wildman–Crippen LogP) is 1.91. The van der Waals surface area contributed by atoms with E-state index in [9.17, 15) is 18.0 Å². The van der Waals surface area contributed by atoms with Crippen molar-refractivity contribution in [1.29, 1.82) is 0 Å². The molecule has 150 valence electrons. The van der Waals surface area contributed by atoms with E-state index in [1.807, 2.05) is 30.3 Å². The number of benzene rings is 2. The largest absolute Gasteiger partial charge is 0.423 e. The lowest BCUT2D eigenvalue weighted by atomic mass is 10.1. The van der Waals surface area contributed by atoms with Crippen LogP contribution >= 0.6 is 0 Å². The monoisotopic (exact) mass is 412 g/mol. The molecule has 1 atom stereocenters. The van der Waals surface area contributed by atoms with Gasteiger partial charge < -0.3 is 9.32 Å². The number of likely N-dealkylation sites (tertiary alicyclic amines) is 1. The van der Waals surface area contributed by atoms with Crippen molar-refractivity contribution in [2.45, 2.75) is 23.8 Å². The molecule has 1 aliphatic heterocycles. The fourth-order valence-corrected chi connectivity index (χ4v) is 4.74. The van der Waals surface area contributed by atoms with Crippen LogP contribution in [0.5, 0.6) is 0 Å². The molecule has 1 saturated heterocycles. The second-order valence-corrected chi connectivity index (χ2v) is 8.77. The standard InChI is InChI=1S/C21H20N2O5S/c24-20-13-17(14-23(20)11-10-15-4-2-1-3-5-15)22-29(26,27)18-7-8-19-16(12-18)6-9-21(25)28-19/h1-9,12,17,22H,10-11,13-14H2. The van der Waals surface area contributed by atoms with Crippen LogP contribution < -0.4 is 10.3 Å². The highest BCUT2D eigenvalue weighted by Gasteiger charge is 2.32. The summed E-state index contributed by atoms with van der Waals surface area (Å²) in [6.07, 6.45) is 0.860. The molecule has 1 fully saturated rings. The molecular weight excluding hydrogens is 392 g/mol. The molecule has 29 heavy (non-hydrogen) atoms. The van der Waals surface area contributed by atoms with Gasteiger partial charge in [-0.3, -0.25) is 4.79 Å². The van der Waals surface area contributed by atoms with Crippen molar-refractivity contribution in [1.82, 2.24) is 9.62 Å². The van der Waals surface area contributed by atoms with E-state index in [0.29, 0.717) is 24.1 Å². The van der Waals surface area contributed by atoms with Gasteiger partial charge in [0, 0.05) is 37.0 Å². The molecule has 2 heterocycles. The van der Waals surface area contributed by atoms with Crippen LogP contribution in [0.4, 0.5) is 0 Å². The zero-order chi connectivity index (χ0) is 20.4. The predicted molar refractivity (Wildman–Crippen MR) is 108 cm³/mol. The molecule has 0 saturated carbocycles. The highest BCUT2D eigenvalue weighted by molar-refractivity contribution is 7.89. The Morgan fingerprint density at radius 3 is 2.62 bits per heavy atom. The number of nitrogens with zero attached hydrogens (tertiary/aromatic N) is 1. The molecule has 3 aromatic rings. The van der Waals surface area contributed by atoms with E-state index >= 15 is 0 Å². The van der Waals surface area contributed by atoms with Gasteiger partial charge in [-0.15, -0.1) is 0 Å². The zero-order valence-electron chi connectivity index (χ0n) is 15.6. The van der Waals surface area contributed by atoms with E-state index in [4.69, 9.17) is 4.42 Å². The van der Waals surface area contributed by atoms with E-state index in [0.717, 1.165) is 12.0 Å². The molecule has 0 bridgehead atoms. The van der Waals surface area contributed by atoms with Crippen LogP contribution in [0.1, 0.15) is 12.0 Å². The second kappa shape index (κ2) is 7.81. The maximum atomic E-state index is 12.8. The Morgan fingerprint density at radius 1 is 1.03 bits per heavy atom. The van der Waals surface area contributed by atoms with E-state index in [2.05, 4.69) is 4.72 Å². The number of hydrogen-bond donors (Lipinski definition) is 1. The maximum absolute atomic E-state index is 12.8. The number of amides is 1. The van der Waals surface area contributed by atoms with E-state index in [-0.39, 0.29) is 17.2 Å². The van der Waals surface area contributed by atoms with Gasteiger partial charge in [0.1, 0.15) is 5.58 Å². The maximum Gasteiger partial charge on any atom is 0.336 e. The zero-order valence-corrected chi connectivity index (χ0v) is 16.4. The molecule has 4 rings (SSSR count). The Labute approximate surface area is 168 Å². The van der Waals surface area contributed by atoms with Crippen LogP contribution in [-0.2, 0) is 21.2 Å². The van der Waals surface area contributed by atoms with Gasteiger partial charge in [0.25, 0.3) is 0 Å². The Morgan fingerprint density at radius 2 is 1.83 bits per heavy atom. The van der Waals surface area contributed by atoms with Crippen molar-refractivity contribution in [3.8, 4) is 0 Å². The minimum Gasteiger partial charge on any atom is -0.423 e. The lowest BCUT2D eigenvalue weighted by Gasteiger charge is -2.17. The van der Waals surface area contributed by atoms with Crippen molar-refractivity contribution >= 4 is 26.9 Å². The molecule has 1 unspecified atom stereocenters. The third-order valence-corrected chi connectivity index (χ3v) is 6.47. The Bertz CT molecular complexity index is 1200. The van der Waals surface area contributed by atoms with Crippen LogP contribution in [0.15, 0.2) is 74.8 Å². The highest BCUT2D eigenvalue weighted by Crippen LogP contribution is 2.20. The molecule has 0 aliphatic carbocycles. The van der Waals surface area contributed by atoms with Gasteiger partial charge in [-0.2, -0.15) is 0 Å². The quantitative estimate of drug-likeness (QED) is 0.624. The van der Waals surface area contributed by atoms with Gasteiger partial charge in [-0.25, -0.2) is 17.9 Å². The van der Waals surface area contributed by atoms with Gasteiger partial charge in [0.2, 0.25) is 15.9 Å². The van der Waals surface area contributed by atoms with Crippen LogP contribution in [-0.4, -0.2) is 38.4 Å². The van der Waals surface area contributed by atoms with Crippen molar-refractivity contribution in [3.63, 3.8) is 0 Å². The van der Waals surface area contributed by atoms with Gasteiger partial charge in [-0.05, 0) is 36.2 Å². The summed E-state index contributed by atoms with van der Waals surface area (Å²) >= 11 is 0. The molecule has 8 heteroatoms. The molecule has 1 N–H and O–H groups in total. The number of sulfonamides is 1. The topological polar surface area (TPSA) is 96.7 Å². The summed E-state index contributed by atoms with van der Waals surface area (Å²) < 4.78 is 33.2. The molecule has 0 radical (unpaired) electrons. The van der Waals surface area contributed by atoms with E-state index < -0.39 is 21.7 Å². The molecule has 7 nitrogen and oxygen atoms in total. The lowest BCUT2D eigenvalue weighted by molar-refractivity contribution is -0.127. The molecule has 1 amide bonds. The summed E-state index contributed by atoms with van der Waals surface area (Å²) in [5.74, 6) is -0.0612. The van der Waals surface area contributed by atoms with Gasteiger partial charge in [-0.1, -0.05) is 30.3 Å². The van der Waals surface area contributed by atoms with Crippen LogP contribution in [0.3, 0.4) is 0 Å². The van der Waals surface area contributed by atoms with Crippen LogP contribution in [0, 0.1) is 0 Å². The first kappa shape index (κ1) is 19.4. The van der Waals surface area contributed by atoms with E-state index in [1.165, 1.54) is 30.3 Å². The summed E-state index contributed by atoms with van der Waals surface area (Å²) in [6.45, 7) is 0.892. The summed E-state index contributed by atoms with van der Waals surface area (Å²) in [5.41, 5.74) is 0.957. The second-order valence-electron chi connectivity index (χ2n) is 7.05. The average Bonchev–Trinajstić information content (AvgIpc) is 3.05. The first-order chi connectivity index (χ1) is 13.9. The van der Waals surface area contributed by atoms with Gasteiger partial charge in [0.05, 0.1) is 4.90 Å². The van der Waals surface area contributed by atoms with E-state index in [1.54, 1.807) is 4.90 Å². The average molecular weight is 412 g/mol. The molecule has 1 aromatic heterocycles. The van der Waals surface area contributed by atoms with Gasteiger partial charge in [0.15, 0.2) is 0 Å². The Hall–Kier alpha value is -2.97. The SMILES string of the molecule is O=C1CC(NS(=O)(=O)c2ccc3oc(=O)ccc3c2)CN1CCc1ccccc1. The van der Waals surface area contributed by atoms with Crippen LogP contribution in [0.2, 0.25) is 0 Å². The summed E-state index contributed by atoms with van der Waals surface area (Å²) in [5, 5.41) is 0.513. The number of carbonyl (C=O) groups excluding carboxylic acids is 1. The highest BCUT2D eigenvalue weighted by atomic mass is 32.2. The Balaban J connectivity index is 1.43. The minimum absolute atomic E-state index is 0.0612. The fraction of sp³-hybridized carbons (Fsp3) is 0.238. The summed E-state index contributed by atoms with van der Waals surface area (Å²) in [7, 11) is -3.81. The van der Waals surface area contributed by atoms with Crippen molar-refractivity contribution < 1.29 is 17.6 Å². The fourth-order valence-electron chi connectivity index (χ4n) is 3.48. The lowest BCUT2D eigenvalue weighted by Crippen LogP contribution is -2.37. The number of fused-ring (bicyclic) bond motifs is 1. The van der Waals surface area contributed by atoms with Gasteiger partial charge >= 0.3 is 5.63 Å². The van der Waals surface area contributed by atoms with Crippen molar-refractivity contribution in [2.75, 3.05) is 13.1 Å². The first-order valence-electron chi connectivity index (χ1n) is 9.29. The Kier molecular flexibility index (Phi) is 5.21. The number of carbonyl (C=O) groups is 1. The smallest absolute Gasteiger partial charge is 0.336 e. The molecule has 0 spiro atoms. The minimum atomic E-state index is -3.81. The molecule has 1 aliphatic rings. The molecule has 2 aromatic carbocycles. The van der Waals surface area contributed by atoms with Crippen molar-refractivity contribution in [2.24, 2.45) is 0 Å². The first-order valence-corrected chi connectivity index (χ1v) is 10.8. The summed E-state index contributed by atoms with van der Waals surface area (Å²) in [6, 6.07) is 16.4. The van der Waals surface area contributed by atoms with Crippen LogP contribution in [0.25, 0.3) is 11.0 Å². The van der Waals surface area contributed by atoms with Crippen molar-refractivity contribution in [3.05, 3.63) is 76.6 Å². The number of rotatable bonds is 6. The normalized spacial score (nSPS) is 17.2. The molecular formula is C21H20N2O5S. The third-order valence-electron chi connectivity index (χ3n) is 4.95.